The van der Waals surface area contributed by atoms with Crippen molar-refractivity contribution in [2.45, 2.75) is 26.2 Å². The molecule has 1 aromatic heterocycles. The van der Waals surface area contributed by atoms with Gasteiger partial charge in [0.15, 0.2) is 0 Å². The van der Waals surface area contributed by atoms with Gasteiger partial charge in [-0.1, -0.05) is 25.1 Å². The molecule has 5 heteroatoms. The first-order valence-electron chi connectivity index (χ1n) is 8.73. The van der Waals surface area contributed by atoms with Crippen LogP contribution in [-0.4, -0.2) is 47.1 Å². The zero-order valence-corrected chi connectivity index (χ0v) is 14.2. The molecule has 2 heterocycles. The topological polar surface area (TPSA) is 65.5 Å². The smallest absolute Gasteiger partial charge is 0.336 e. The number of anilines is 1. The number of para-hydroxylation sites is 1. The first-order valence-corrected chi connectivity index (χ1v) is 8.73. The molecule has 24 heavy (non-hydrogen) atoms. The lowest BCUT2D eigenvalue weighted by molar-refractivity contribution is 0.0699. The number of piperidine rings is 1. The van der Waals surface area contributed by atoms with Crippen molar-refractivity contribution >= 4 is 22.7 Å². The summed E-state index contributed by atoms with van der Waals surface area (Å²) in [6.07, 6.45) is 3.62. The van der Waals surface area contributed by atoms with E-state index in [2.05, 4.69) is 22.1 Å². The maximum absolute atomic E-state index is 11.5. The van der Waals surface area contributed by atoms with E-state index in [1.54, 1.807) is 12.1 Å². The minimum Gasteiger partial charge on any atom is -0.478 e. The average molecular weight is 327 g/mol. The van der Waals surface area contributed by atoms with Crippen molar-refractivity contribution in [2.24, 2.45) is 5.92 Å². The number of aromatic carboxylic acids is 1. The summed E-state index contributed by atoms with van der Waals surface area (Å²) in [7, 11) is 0. The van der Waals surface area contributed by atoms with Crippen LogP contribution in [0.1, 0.15) is 36.5 Å². The van der Waals surface area contributed by atoms with Crippen LogP contribution >= 0.6 is 0 Å². The Labute approximate surface area is 142 Å². The van der Waals surface area contributed by atoms with Gasteiger partial charge in [-0.05, 0) is 56.9 Å². The fourth-order valence-corrected chi connectivity index (χ4v) is 3.25. The molecular weight excluding hydrogens is 302 g/mol. The SMILES string of the molecule is CC1CCN(CCCNc2cc(C(=O)O)c3ccccc3n2)CC1. The van der Waals surface area contributed by atoms with Crippen LogP contribution in [0.15, 0.2) is 30.3 Å². The van der Waals surface area contributed by atoms with E-state index >= 15 is 0 Å². The lowest BCUT2D eigenvalue weighted by atomic mass is 9.99. The van der Waals surface area contributed by atoms with Gasteiger partial charge in [0, 0.05) is 11.9 Å². The predicted molar refractivity (Wildman–Crippen MR) is 96.6 cm³/mol. The van der Waals surface area contributed by atoms with Crippen LogP contribution in [0.2, 0.25) is 0 Å². The lowest BCUT2D eigenvalue weighted by Gasteiger charge is -2.30. The molecule has 1 aliphatic rings. The third kappa shape index (κ3) is 4.03. The lowest BCUT2D eigenvalue weighted by Crippen LogP contribution is -2.34. The van der Waals surface area contributed by atoms with Crippen molar-refractivity contribution in [3.63, 3.8) is 0 Å². The molecule has 128 valence electrons. The maximum Gasteiger partial charge on any atom is 0.336 e. The Morgan fingerprint density at radius 2 is 2.08 bits per heavy atom. The quantitative estimate of drug-likeness (QED) is 0.795. The maximum atomic E-state index is 11.5. The normalized spacial score (nSPS) is 16.4. The molecule has 0 bridgehead atoms. The molecule has 0 aliphatic carbocycles. The van der Waals surface area contributed by atoms with Crippen molar-refractivity contribution in [2.75, 3.05) is 31.5 Å². The molecule has 0 atom stereocenters. The Hall–Kier alpha value is -2.14. The minimum absolute atomic E-state index is 0.299. The van der Waals surface area contributed by atoms with E-state index in [4.69, 9.17) is 0 Å². The van der Waals surface area contributed by atoms with Gasteiger partial charge in [-0.3, -0.25) is 0 Å². The van der Waals surface area contributed by atoms with E-state index in [0.29, 0.717) is 22.3 Å². The summed E-state index contributed by atoms with van der Waals surface area (Å²) in [5.74, 6) is 0.577. The van der Waals surface area contributed by atoms with Crippen molar-refractivity contribution < 1.29 is 9.90 Å². The molecular formula is C19H25N3O2. The number of nitrogens with zero attached hydrogens (tertiary/aromatic N) is 2. The first kappa shape index (κ1) is 16.7. The third-order valence-electron chi connectivity index (χ3n) is 4.78. The summed E-state index contributed by atoms with van der Waals surface area (Å²) in [6, 6.07) is 8.99. The van der Waals surface area contributed by atoms with E-state index in [-0.39, 0.29) is 0 Å². The number of pyridine rings is 1. The average Bonchev–Trinajstić information content (AvgIpc) is 2.59. The minimum atomic E-state index is -0.918. The number of benzene rings is 1. The number of carboxylic acid groups (broad SMARTS) is 1. The van der Waals surface area contributed by atoms with E-state index in [9.17, 15) is 9.90 Å². The van der Waals surface area contributed by atoms with Crippen LogP contribution in [0.25, 0.3) is 10.9 Å². The fourth-order valence-electron chi connectivity index (χ4n) is 3.25. The number of carboxylic acids is 1. The molecule has 2 N–H and O–H groups in total. The largest absolute Gasteiger partial charge is 0.478 e. The van der Waals surface area contributed by atoms with Gasteiger partial charge < -0.3 is 15.3 Å². The van der Waals surface area contributed by atoms with Gasteiger partial charge in [0.1, 0.15) is 5.82 Å². The molecule has 0 saturated carbocycles. The van der Waals surface area contributed by atoms with Gasteiger partial charge >= 0.3 is 5.97 Å². The number of likely N-dealkylation sites (tertiary alicyclic amines) is 1. The highest BCUT2D eigenvalue weighted by atomic mass is 16.4. The zero-order valence-electron chi connectivity index (χ0n) is 14.2. The van der Waals surface area contributed by atoms with Crippen molar-refractivity contribution in [3.05, 3.63) is 35.9 Å². The molecule has 0 radical (unpaired) electrons. The number of hydrogen-bond acceptors (Lipinski definition) is 4. The summed E-state index contributed by atoms with van der Waals surface area (Å²) in [5.41, 5.74) is 1.01. The standard InChI is InChI=1S/C19H25N3O2/c1-14-7-11-22(12-8-14)10-4-9-20-18-13-16(19(23)24)15-5-2-3-6-17(15)21-18/h2-3,5-6,13-14H,4,7-12H2,1H3,(H,20,21)(H,23,24). The van der Waals surface area contributed by atoms with Gasteiger partial charge in [0.05, 0.1) is 11.1 Å². The molecule has 5 nitrogen and oxygen atoms in total. The number of fused-ring (bicyclic) bond motifs is 1. The van der Waals surface area contributed by atoms with Crippen molar-refractivity contribution in [1.29, 1.82) is 0 Å². The molecule has 3 rings (SSSR count). The van der Waals surface area contributed by atoms with Crippen LogP contribution in [0.3, 0.4) is 0 Å². The second kappa shape index (κ2) is 7.62. The Kier molecular flexibility index (Phi) is 5.30. The molecule has 2 aromatic rings. The zero-order chi connectivity index (χ0) is 16.9. The van der Waals surface area contributed by atoms with Gasteiger partial charge in [0.2, 0.25) is 0 Å². The van der Waals surface area contributed by atoms with E-state index in [1.165, 1.54) is 25.9 Å². The van der Waals surface area contributed by atoms with Crippen LogP contribution in [0, 0.1) is 5.92 Å². The molecule has 1 saturated heterocycles. The highest BCUT2D eigenvalue weighted by molar-refractivity contribution is 6.03. The number of aromatic nitrogens is 1. The highest BCUT2D eigenvalue weighted by Crippen LogP contribution is 2.21. The Morgan fingerprint density at radius 3 is 2.83 bits per heavy atom. The second-order valence-electron chi connectivity index (χ2n) is 6.68. The van der Waals surface area contributed by atoms with E-state index in [0.717, 1.165) is 25.4 Å². The monoisotopic (exact) mass is 327 g/mol. The molecule has 1 aliphatic heterocycles. The van der Waals surface area contributed by atoms with Crippen LogP contribution < -0.4 is 5.32 Å². The summed E-state index contributed by atoms with van der Waals surface area (Å²) >= 11 is 0. The summed E-state index contributed by atoms with van der Waals surface area (Å²) < 4.78 is 0. The number of hydrogen-bond donors (Lipinski definition) is 2. The van der Waals surface area contributed by atoms with Gasteiger partial charge in [-0.25, -0.2) is 9.78 Å². The Morgan fingerprint density at radius 1 is 1.33 bits per heavy atom. The van der Waals surface area contributed by atoms with Crippen LogP contribution in [0.4, 0.5) is 5.82 Å². The number of carbonyl (C=O) groups is 1. The van der Waals surface area contributed by atoms with Gasteiger partial charge in [0.25, 0.3) is 0 Å². The van der Waals surface area contributed by atoms with Crippen molar-refractivity contribution in [1.82, 2.24) is 9.88 Å². The van der Waals surface area contributed by atoms with Crippen LogP contribution in [-0.2, 0) is 0 Å². The van der Waals surface area contributed by atoms with Crippen molar-refractivity contribution in [3.8, 4) is 0 Å². The number of nitrogens with one attached hydrogen (secondary N) is 1. The predicted octanol–water partition coefficient (Wildman–Crippen LogP) is 3.47. The molecule has 0 spiro atoms. The van der Waals surface area contributed by atoms with E-state index in [1.807, 2.05) is 18.2 Å². The van der Waals surface area contributed by atoms with Crippen LogP contribution in [0.5, 0.6) is 0 Å². The third-order valence-corrected chi connectivity index (χ3v) is 4.78. The number of rotatable bonds is 6. The fraction of sp³-hybridized carbons (Fsp3) is 0.474. The molecule has 0 unspecified atom stereocenters. The molecule has 1 fully saturated rings. The Bertz CT molecular complexity index is 709. The van der Waals surface area contributed by atoms with Gasteiger partial charge in [-0.15, -0.1) is 0 Å². The Balaban J connectivity index is 1.58. The summed E-state index contributed by atoms with van der Waals surface area (Å²) in [4.78, 5) is 18.5. The molecule has 1 aromatic carbocycles. The van der Waals surface area contributed by atoms with Gasteiger partial charge in [-0.2, -0.15) is 0 Å². The van der Waals surface area contributed by atoms with E-state index < -0.39 is 5.97 Å². The summed E-state index contributed by atoms with van der Waals surface area (Å²) in [6.45, 7) is 6.59. The first-order chi connectivity index (χ1) is 11.6. The molecule has 0 amide bonds. The highest BCUT2D eigenvalue weighted by Gasteiger charge is 2.15. The summed E-state index contributed by atoms with van der Waals surface area (Å²) in [5, 5.41) is 13.4. The second-order valence-corrected chi connectivity index (χ2v) is 6.68.